The summed E-state index contributed by atoms with van der Waals surface area (Å²) in [6, 6.07) is 10.5. The van der Waals surface area contributed by atoms with Gasteiger partial charge in [-0.05, 0) is 55.3 Å². The Morgan fingerprint density at radius 2 is 1.59 bits per heavy atom. The molecule has 164 valence electrons. The third-order valence-electron chi connectivity index (χ3n) is 5.41. The van der Waals surface area contributed by atoms with Crippen LogP contribution in [0.25, 0.3) is 0 Å². The molecule has 7 nitrogen and oxygen atoms in total. The van der Waals surface area contributed by atoms with Crippen molar-refractivity contribution in [1.82, 2.24) is 0 Å². The van der Waals surface area contributed by atoms with Crippen LogP contribution < -0.4 is 10.2 Å². The number of allylic oxidation sites excluding steroid dienone is 2. The highest BCUT2D eigenvalue weighted by atomic mass is 35.5. The summed E-state index contributed by atoms with van der Waals surface area (Å²) in [7, 11) is 0. The van der Waals surface area contributed by atoms with Crippen LogP contribution in [0.1, 0.15) is 23.2 Å². The highest BCUT2D eigenvalue weighted by Gasteiger charge is 2.47. The number of rotatable bonds is 5. The smallest absolute Gasteiger partial charge is 0.338 e. The molecular weight excluding hydrogens is 455 g/mol. The van der Waals surface area contributed by atoms with Gasteiger partial charge in [0.05, 0.1) is 33.8 Å². The maximum atomic E-state index is 12.7. The Morgan fingerprint density at radius 1 is 0.969 bits per heavy atom. The molecule has 2 atom stereocenters. The highest BCUT2D eigenvalue weighted by Crippen LogP contribution is 2.37. The maximum absolute atomic E-state index is 12.7. The van der Waals surface area contributed by atoms with Crippen molar-refractivity contribution >= 4 is 58.3 Å². The second-order valence-electron chi connectivity index (χ2n) is 7.46. The molecule has 2 aromatic carbocycles. The number of ether oxygens (including phenoxy) is 1. The molecule has 1 fully saturated rings. The SMILES string of the molecule is O=C(COC(=O)c1ccc(N2C(=O)[C@@H]3CC=CC[C@H]3C2=O)cc1)Nc1ccc(Cl)cc1Cl. The summed E-state index contributed by atoms with van der Waals surface area (Å²) < 4.78 is 5.03. The van der Waals surface area contributed by atoms with E-state index in [4.69, 9.17) is 27.9 Å². The Morgan fingerprint density at radius 3 is 2.19 bits per heavy atom. The van der Waals surface area contributed by atoms with Gasteiger partial charge in [0.1, 0.15) is 0 Å². The minimum atomic E-state index is -0.717. The van der Waals surface area contributed by atoms with Crippen molar-refractivity contribution in [3.8, 4) is 0 Å². The zero-order valence-electron chi connectivity index (χ0n) is 16.7. The lowest BCUT2D eigenvalue weighted by Gasteiger charge is -2.15. The van der Waals surface area contributed by atoms with Gasteiger partial charge in [-0.15, -0.1) is 0 Å². The standard InChI is InChI=1S/C23H18Cl2N2O5/c24-14-7-10-19(18(25)11-14)26-20(28)12-32-23(31)13-5-8-15(9-6-13)27-21(29)16-3-1-2-4-17(16)22(27)30/h1-2,5-11,16-17H,3-4,12H2,(H,26,28)/t16-,17-/m1/s1. The van der Waals surface area contributed by atoms with Gasteiger partial charge in [-0.25, -0.2) is 4.79 Å². The number of anilines is 2. The number of halogens is 2. The van der Waals surface area contributed by atoms with Gasteiger partial charge in [-0.1, -0.05) is 35.4 Å². The lowest BCUT2D eigenvalue weighted by molar-refractivity contribution is -0.122. The lowest BCUT2D eigenvalue weighted by Crippen LogP contribution is -2.30. The number of nitrogens with zero attached hydrogens (tertiary/aromatic N) is 1. The molecule has 32 heavy (non-hydrogen) atoms. The molecule has 1 heterocycles. The van der Waals surface area contributed by atoms with E-state index < -0.39 is 18.5 Å². The van der Waals surface area contributed by atoms with Gasteiger partial charge in [0.2, 0.25) is 11.8 Å². The van der Waals surface area contributed by atoms with Gasteiger partial charge < -0.3 is 10.1 Å². The van der Waals surface area contributed by atoms with E-state index in [1.54, 1.807) is 6.07 Å². The molecule has 0 aromatic heterocycles. The third-order valence-corrected chi connectivity index (χ3v) is 5.96. The number of carbonyl (C=O) groups excluding carboxylic acids is 4. The minimum absolute atomic E-state index is 0.184. The number of nitrogens with one attached hydrogen (secondary N) is 1. The van der Waals surface area contributed by atoms with Gasteiger partial charge in [-0.3, -0.25) is 19.3 Å². The number of hydrogen-bond acceptors (Lipinski definition) is 5. The maximum Gasteiger partial charge on any atom is 0.338 e. The van der Waals surface area contributed by atoms with E-state index in [1.807, 2.05) is 12.2 Å². The Labute approximate surface area is 193 Å². The molecule has 1 aliphatic heterocycles. The second-order valence-corrected chi connectivity index (χ2v) is 8.31. The fourth-order valence-electron chi connectivity index (χ4n) is 3.79. The first kappa shape index (κ1) is 22.0. The summed E-state index contributed by atoms with van der Waals surface area (Å²) in [5.74, 6) is -2.39. The van der Waals surface area contributed by atoms with Crippen molar-refractivity contribution in [2.24, 2.45) is 11.8 Å². The number of hydrogen-bond donors (Lipinski definition) is 1. The van der Waals surface area contributed by atoms with E-state index in [-0.39, 0.29) is 34.2 Å². The van der Waals surface area contributed by atoms with E-state index in [0.29, 0.717) is 29.2 Å². The summed E-state index contributed by atoms with van der Waals surface area (Å²) in [6.45, 7) is -0.515. The van der Waals surface area contributed by atoms with Crippen LogP contribution in [0.3, 0.4) is 0 Å². The highest BCUT2D eigenvalue weighted by molar-refractivity contribution is 6.36. The molecule has 4 rings (SSSR count). The van der Waals surface area contributed by atoms with Crippen LogP contribution in [0, 0.1) is 11.8 Å². The summed E-state index contributed by atoms with van der Waals surface area (Å²) in [6.07, 6.45) is 4.96. The fraction of sp³-hybridized carbons (Fsp3) is 0.217. The number of amides is 3. The Bertz CT molecular complexity index is 1100. The first-order chi connectivity index (χ1) is 15.3. The van der Waals surface area contributed by atoms with Gasteiger partial charge in [0.25, 0.3) is 5.91 Å². The fourth-order valence-corrected chi connectivity index (χ4v) is 4.25. The van der Waals surface area contributed by atoms with Gasteiger partial charge in [0, 0.05) is 5.02 Å². The van der Waals surface area contributed by atoms with Crippen molar-refractivity contribution in [1.29, 1.82) is 0 Å². The van der Waals surface area contributed by atoms with Gasteiger partial charge >= 0.3 is 5.97 Å². The van der Waals surface area contributed by atoms with Crippen LogP contribution in [0.15, 0.2) is 54.6 Å². The van der Waals surface area contributed by atoms with E-state index in [9.17, 15) is 19.2 Å². The van der Waals surface area contributed by atoms with Crippen molar-refractivity contribution in [2.45, 2.75) is 12.8 Å². The Hall–Kier alpha value is -3.16. The Balaban J connectivity index is 1.36. The average Bonchev–Trinajstić information content (AvgIpc) is 3.04. The summed E-state index contributed by atoms with van der Waals surface area (Å²) in [4.78, 5) is 50.8. The number of benzene rings is 2. The Kier molecular flexibility index (Phi) is 6.30. The minimum Gasteiger partial charge on any atom is -0.452 e. The molecule has 2 aromatic rings. The number of carbonyl (C=O) groups is 4. The molecule has 3 amide bonds. The van der Waals surface area contributed by atoms with Crippen molar-refractivity contribution in [3.05, 3.63) is 70.2 Å². The quantitative estimate of drug-likeness (QED) is 0.398. The van der Waals surface area contributed by atoms with Gasteiger partial charge in [-0.2, -0.15) is 0 Å². The molecule has 2 aliphatic rings. The monoisotopic (exact) mass is 472 g/mol. The molecule has 1 aliphatic carbocycles. The van der Waals surface area contributed by atoms with Crippen molar-refractivity contribution in [3.63, 3.8) is 0 Å². The van der Waals surface area contributed by atoms with E-state index >= 15 is 0 Å². The first-order valence-corrected chi connectivity index (χ1v) is 10.7. The topological polar surface area (TPSA) is 92.8 Å². The number of imide groups is 1. The normalized spacial score (nSPS) is 19.6. The zero-order valence-corrected chi connectivity index (χ0v) is 18.2. The molecule has 0 bridgehead atoms. The molecule has 0 saturated carbocycles. The molecule has 0 radical (unpaired) electrons. The van der Waals surface area contributed by atoms with E-state index in [1.165, 1.54) is 41.3 Å². The molecule has 0 unspecified atom stereocenters. The molecule has 1 N–H and O–H groups in total. The number of esters is 1. The molecule has 0 spiro atoms. The zero-order chi connectivity index (χ0) is 22.8. The summed E-state index contributed by atoms with van der Waals surface area (Å²) in [5, 5.41) is 3.22. The number of fused-ring (bicyclic) bond motifs is 1. The van der Waals surface area contributed by atoms with Crippen LogP contribution in [0.4, 0.5) is 11.4 Å². The summed E-state index contributed by atoms with van der Waals surface area (Å²) in [5.41, 5.74) is 0.933. The predicted octanol–water partition coefficient (Wildman–Crippen LogP) is 4.24. The van der Waals surface area contributed by atoms with Crippen LogP contribution in [-0.2, 0) is 19.1 Å². The van der Waals surface area contributed by atoms with Crippen LogP contribution >= 0.6 is 23.2 Å². The van der Waals surface area contributed by atoms with Crippen LogP contribution in [-0.4, -0.2) is 30.3 Å². The second kappa shape index (κ2) is 9.14. The largest absolute Gasteiger partial charge is 0.452 e. The van der Waals surface area contributed by atoms with Crippen molar-refractivity contribution < 1.29 is 23.9 Å². The molecule has 9 heteroatoms. The first-order valence-electron chi connectivity index (χ1n) is 9.90. The molecule has 1 saturated heterocycles. The average molecular weight is 473 g/mol. The van der Waals surface area contributed by atoms with Crippen molar-refractivity contribution in [2.75, 3.05) is 16.8 Å². The van der Waals surface area contributed by atoms with Crippen LogP contribution in [0.2, 0.25) is 10.0 Å². The lowest BCUT2D eigenvalue weighted by atomic mass is 9.85. The van der Waals surface area contributed by atoms with E-state index in [0.717, 1.165) is 0 Å². The van der Waals surface area contributed by atoms with Crippen LogP contribution in [0.5, 0.6) is 0 Å². The molecular formula is C23H18Cl2N2O5. The van der Waals surface area contributed by atoms with E-state index in [2.05, 4.69) is 5.32 Å². The predicted molar refractivity (Wildman–Crippen MR) is 120 cm³/mol. The van der Waals surface area contributed by atoms with Gasteiger partial charge in [0.15, 0.2) is 6.61 Å². The third kappa shape index (κ3) is 4.40. The summed E-state index contributed by atoms with van der Waals surface area (Å²) >= 11 is 11.8.